The van der Waals surface area contributed by atoms with Crippen molar-refractivity contribution in [1.29, 1.82) is 0 Å². The molecular formula is C76H148O17P2. The van der Waals surface area contributed by atoms with Gasteiger partial charge in [0.2, 0.25) is 0 Å². The SMILES string of the molecule is CCCCCCCCCCCCCCCCCCCCCCC(=O)O[C@H](COC(=O)CCCCCCCCCCCCCCCCC(C)C)COP(=O)(O)OC[C@@H](O)COP(=O)(O)OC[C@@H](COC(=O)CCCCCCCCCC)OC(=O)CCCCCCCCCCCC. The van der Waals surface area contributed by atoms with Crippen molar-refractivity contribution < 1.29 is 80.2 Å². The summed E-state index contributed by atoms with van der Waals surface area (Å²) in [6.45, 7) is 7.28. The van der Waals surface area contributed by atoms with Gasteiger partial charge in [-0.25, -0.2) is 9.13 Å². The van der Waals surface area contributed by atoms with Gasteiger partial charge in [-0.05, 0) is 31.6 Å². The number of carbonyl (C=O) groups excluding carboxylic acids is 4. The largest absolute Gasteiger partial charge is 0.472 e. The molecule has 564 valence electrons. The summed E-state index contributed by atoms with van der Waals surface area (Å²) < 4.78 is 68.4. The quantitative estimate of drug-likeness (QED) is 0.0222. The zero-order chi connectivity index (χ0) is 69.8. The fourth-order valence-electron chi connectivity index (χ4n) is 11.7. The Kier molecular flexibility index (Phi) is 67.7. The smallest absolute Gasteiger partial charge is 0.462 e. The zero-order valence-corrected chi connectivity index (χ0v) is 63.6. The first kappa shape index (κ1) is 93.1. The molecule has 0 aromatic carbocycles. The van der Waals surface area contributed by atoms with Crippen LogP contribution < -0.4 is 0 Å². The third kappa shape index (κ3) is 70.3. The molecule has 2 unspecified atom stereocenters. The van der Waals surface area contributed by atoms with Crippen molar-refractivity contribution in [2.75, 3.05) is 39.6 Å². The molecule has 95 heavy (non-hydrogen) atoms. The topological polar surface area (TPSA) is 237 Å². The van der Waals surface area contributed by atoms with Gasteiger partial charge in [-0.2, -0.15) is 0 Å². The van der Waals surface area contributed by atoms with E-state index in [1.807, 2.05) is 0 Å². The molecule has 0 amide bonds. The molecule has 0 bridgehead atoms. The molecule has 0 radical (unpaired) electrons. The summed E-state index contributed by atoms with van der Waals surface area (Å²) in [7, 11) is -9.90. The van der Waals surface area contributed by atoms with Gasteiger partial charge in [-0.1, -0.05) is 349 Å². The average Bonchev–Trinajstić information content (AvgIpc) is 1.40. The van der Waals surface area contributed by atoms with Crippen LogP contribution in [0.4, 0.5) is 0 Å². The summed E-state index contributed by atoms with van der Waals surface area (Å²) in [6.07, 6.45) is 58.4. The maximum atomic E-state index is 13.1. The summed E-state index contributed by atoms with van der Waals surface area (Å²) in [4.78, 5) is 72.7. The molecule has 0 aromatic rings. The van der Waals surface area contributed by atoms with Crippen molar-refractivity contribution in [1.82, 2.24) is 0 Å². The van der Waals surface area contributed by atoms with Gasteiger partial charge in [0, 0.05) is 25.7 Å². The van der Waals surface area contributed by atoms with Gasteiger partial charge < -0.3 is 33.8 Å². The van der Waals surface area contributed by atoms with Crippen LogP contribution in [0.25, 0.3) is 0 Å². The molecular weight excluding hydrogens is 1250 g/mol. The number of esters is 4. The Morgan fingerprint density at radius 1 is 0.284 bits per heavy atom. The van der Waals surface area contributed by atoms with Gasteiger partial charge in [0.05, 0.1) is 26.4 Å². The molecule has 5 atom stereocenters. The molecule has 0 fully saturated rings. The summed E-state index contributed by atoms with van der Waals surface area (Å²) in [5.74, 6) is -1.32. The average molecular weight is 1400 g/mol. The van der Waals surface area contributed by atoms with Crippen LogP contribution in [-0.2, 0) is 65.4 Å². The number of aliphatic hydroxyl groups is 1. The van der Waals surface area contributed by atoms with Crippen LogP contribution in [0.2, 0.25) is 0 Å². The van der Waals surface area contributed by atoms with Crippen LogP contribution in [0, 0.1) is 5.92 Å². The summed E-state index contributed by atoms with van der Waals surface area (Å²) in [5.41, 5.74) is 0. The number of hydrogen-bond acceptors (Lipinski definition) is 15. The number of hydrogen-bond donors (Lipinski definition) is 3. The normalized spacial score (nSPS) is 13.9. The molecule has 0 heterocycles. The van der Waals surface area contributed by atoms with Crippen LogP contribution in [0.15, 0.2) is 0 Å². The number of phosphoric acid groups is 2. The second-order valence-corrected chi connectivity index (χ2v) is 30.8. The van der Waals surface area contributed by atoms with Gasteiger partial charge >= 0.3 is 39.5 Å². The fraction of sp³-hybridized carbons (Fsp3) is 0.947. The first-order valence-corrected chi connectivity index (χ1v) is 42.6. The molecule has 0 aromatic heterocycles. The minimum atomic E-state index is -4.96. The minimum absolute atomic E-state index is 0.107. The first-order chi connectivity index (χ1) is 46.0. The number of aliphatic hydroxyl groups excluding tert-OH is 1. The van der Waals surface area contributed by atoms with E-state index in [1.54, 1.807) is 0 Å². The lowest BCUT2D eigenvalue weighted by Crippen LogP contribution is -2.30. The van der Waals surface area contributed by atoms with Crippen molar-refractivity contribution in [3.05, 3.63) is 0 Å². The first-order valence-electron chi connectivity index (χ1n) is 39.6. The van der Waals surface area contributed by atoms with Crippen LogP contribution in [0.1, 0.15) is 401 Å². The van der Waals surface area contributed by atoms with E-state index < -0.39 is 97.5 Å². The van der Waals surface area contributed by atoms with Gasteiger partial charge in [0.15, 0.2) is 12.2 Å². The maximum absolute atomic E-state index is 13.1. The van der Waals surface area contributed by atoms with Crippen molar-refractivity contribution >= 4 is 39.5 Å². The molecule has 0 aliphatic rings. The summed E-state index contributed by atoms with van der Waals surface area (Å²) in [5, 5.41) is 10.6. The van der Waals surface area contributed by atoms with Crippen molar-refractivity contribution in [2.45, 2.75) is 419 Å². The Morgan fingerprint density at radius 3 is 0.716 bits per heavy atom. The van der Waals surface area contributed by atoms with E-state index in [1.165, 1.54) is 218 Å². The van der Waals surface area contributed by atoms with Crippen LogP contribution in [0.3, 0.4) is 0 Å². The van der Waals surface area contributed by atoms with Gasteiger partial charge in [0.1, 0.15) is 19.3 Å². The van der Waals surface area contributed by atoms with E-state index in [0.29, 0.717) is 25.7 Å². The molecule has 0 aliphatic heterocycles. The monoisotopic (exact) mass is 1400 g/mol. The number of rotatable bonds is 76. The molecule has 17 nitrogen and oxygen atoms in total. The Bertz CT molecular complexity index is 1820. The second kappa shape index (κ2) is 69.2. The number of unbranched alkanes of at least 4 members (excludes halogenated alkanes) is 48. The maximum Gasteiger partial charge on any atom is 0.472 e. The van der Waals surface area contributed by atoms with Crippen molar-refractivity contribution in [3.8, 4) is 0 Å². The third-order valence-corrected chi connectivity index (χ3v) is 19.7. The van der Waals surface area contributed by atoms with Gasteiger partial charge in [0.25, 0.3) is 0 Å². The van der Waals surface area contributed by atoms with E-state index in [9.17, 15) is 43.2 Å². The molecule has 0 saturated carbocycles. The minimum Gasteiger partial charge on any atom is -0.462 e. The fourth-order valence-corrected chi connectivity index (χ4v) is 13.3. The second-order valence-electron chi connectivity index (χ2n) is 27.9. The highest BCUT2D eigenvalue weighted by Gasteiger charge is 2.30. The Labute approximate surface area is 581 Å². The van der Waals surface area contributed by atoms with Crippen molar-refractivity contribution in [2.24, 2.45) is 5.92 Å². The van der Waals surface area contributed by atoms with Crippen LogP contribution in [0.5, 0.6) is 0 Å². The van der Waals surface area contributed by atoms with Crippen LogP contribution >= 0.6 is 15.6 Å². The number of ether oxygens (including phenoxy) is 4. The predicted octanol–water partition coefficient (Wildman–Crippen LogP) is 22.5. The van der Waals surface area contributed by atoms with E-state index in [0.717, 1.165) is 102 Å². The van der Waals surface area contributed by atoms with Crippen molar-refractivity contribution in [3.63, 3.8) is 0 Å². The van der Waals surface area contributed by atoms with Crippen LogP contribution in [-0.4, -0.2) is 96.7 Å². The Morgan fingerprint density at radius 2 is 0.484 bits per heavy atom. The Hall–Kier alpha value is -1.94. The van der Waals surface area contributed by atoms with E-state index in [2.05, 4.69) is 34.6 Å². The standard InChI is InChI=1S/C76H148O17P2/c1-6-9-12-15-18-21-23-24-25-26-27-28-29-30-35-38-42-47-52-57-62-76(81)93-72(66-87-74(79)60-55-50-45-41-37-34-32-31-33-36-39-43-48-53-58-69(4)5)68-91-95(84,85)89-64-70(77)63-88-94(82,83)90-67-71(65-86-73(78)59-54-49-44-20-17-14-11-8-3)92-75(80)61-56-51-46-40-22-19-16-13-10-7-2/h69-72,77H,6-68H2,1-5H3,(H,82,83)(H,84,85)/t70-,71+,72+/m0/s1. The highest BCUT2D eigenvalue weighted by molar-refractivity contribution is 7.47. The number of phosphoric ester groups is 2. The van der Waals surface area contributed by atoms with E-state index in [4.69, 9.17) is 37.0 Å². The zero-order valence-electron chi connectivity index (χ0n) is 61.8. The molecule has 0 rings (SSSR count). The highest BCUT2D eigenvalue weighted by atomic mass is 31.2. The van der Waals surface area contributed by atoms with Gasteiger partial charge in [-0.3, -0.25) is 37.3 Å². The van der Waals surface area contributed by atoms with E-state index >= 15 is 0 Å². The molecule has 0 saturated heterocycles. The third-order valence-electron chi connectivity index (χ3n) is 17.8. The van der Waals surface area contributed by atoms with Gasteiger partial charge in [-0.15, -0.1) is 0 Å². The Balaban J connectivity index is 5.17. The number of carbonyl (C=O) groups is 4. The highest BCUT2D eigenvalue weighted by Crippen LogP contribution is 2.45. The molecule has 0 spiro atoms. The van der Waals surface area contributed by atoms with E-state index in [-0.39, 0.29) is 25.7 Å². The molecule has 0 aliphatic carbocycles. The summed E-state index contributed by atoms with van der Waals surface area (Å²) >= 11 is 0. The molecule has 3 N–H and O–H groups in total. The predicted molar refractivity (Wildman–Crippen MR) is 386 cm³/mol. The lowest BCUT2D eigenvalue weighted by atomic mass is 10.0. The summed E-state index contributed by atoms with van der Waals surface area (Å²) in [6, 6.07) is 0. The lowest BCUT2D eigenvalue weighted by Gasteiger charge is -2.21. The molecule has 19 heteroatoms. The lowest BCUT2D eigenvalue weighted by molar-refractivity contribution is -0.161.